The molecule has 0 aliphatic carbocycles. The van der Waals surface area contributed by atoms with Crippen LogP contribution >= 0.6 is 11.3 Å². The van der Waals surface area contributed by atoms with Gasteiger partial charge in [0.1, 0.15) is 10.6 Å². The summed E-state index contributed by atoms with van der Waals surface area (Å²) >= 11 is 1.01. The average molecular weight is 351 g/mol. The van der Waals surface area contributed by atoms with Crippen molar-refractivity contribution in [3.8, 4) is 11.5 Å². The average Bonchev–Trinajstić information content (AvgIpc) is 2.90. The van der Waals surface area contributed by atoms with Crippen molar-refractivity contribution in [2.24, 2.45) is 5.10 Å². The Kier molecular flexibility index (Phi) is 4.94. The second kappa shape index (κ2) is 6.91. The first-order chi connectivity index (χ1) is 11.3. The Morgan fingerprint density at radius 3 is 2.83 bits per heavy atom. The highest BCUT2D eigenvalue weighted by molar-refractivity contribution is 7.17. The van der Waals surface area contributed by atoms with Crippen LogP contribution in [0.4, 0.5) is 10.8 Å². The van der Waals surface area contributed by atoms with E-state index in [9.17, 15) is 25.1 Å². The van der Waals surface area contributed by atoms with Gasteiger partial charge in [0.25, 0.3) is 5.91 Å². The van der Waals surface area contributed by atoms with Crippen LogP contribution in [0.1, 0.15) is 27.9 Å². The van der Waals surface area contributed by atoms with Gasteiger partial charge in [-0.1, -0.05) is 18.3 Å². The number of aromatic hydroxyl groups is 2. The quantitative estimate of drug-likeness (QED) is 0.359. The minimum absolute atomic E-state index is 0.0423. The van der Waals surface area contributed by atoms with Crippen molar-refractivity contribution in [2.75, 3.05) is 5.73 Å². The molecule has 0 spiro atoms. The molecule has 0 aliphatic heterocycles. The number of hydrogen-bond acceptors (Lipinski definition) is 9. The number of phenols is 2. The molecule has 0 saturated carbocycles. The van der Waals surface area contributed by atoms with E-state index in [0.29, 0.717) is 17.0 Å². The highest BCUT2D eigenvalue weighted by atomic mass is 32.1. The molecule has 5 N–H and O–H groups in total. The van der Waals surface area contributed by atoms with Crippen LogP contribution in [-0.4, -0.2) is 32.2 Å². The van der Waals surface area contributed by atoms with Gasteiger partial charge in [-0.2, -0.15) is 5.10 Å². The molecule has 0 fully saturated rings. The van der Waals surface area contributed by atoms with E-state index in [2.05, 4.69) is 15.5 Å². The third kappa shape index (κ3) is 3.57. The number of nitrogens with one attached hydrogen (secondary N) is 1. The summed E-state index contributed by atoms with van der Waals surface area (Å²) in [5, 5.41) is 33.7. The second-order valence-electron chi connectivity index (χ2n) is 4.54. The maximum Gasteiger partial charge on any atom is 0.311 e. The number of anilines is 1. The van der Waals surface area contributed by atoms with Gasteiger partial charge in [-0.05, 0) is 6.42 Å². The first-order valence-electron chi connectivity index (χ1n) is 6.62. The molecule has 1 amide bonds. The lowest BCUT2D eigenvalue weighted by Crippen LogP contribution is -2.17. The largest absolute Gasteiger partial charge is 0.507 e. The van der Waals surface area contributed by atoms with Crippen LogP contribution < -0.4 is 11.2 Å². The van der Waals surface area contributed by atoms with Gasteiger partial charge in [0, 0.05) is 17.7 Å². The predicted octanol–water partition coefficient (Wildman–Crippen LogP) is 1.37. The predicted molar refractivity (Wildman–Crippen MR) is 87.4 cm³/mol. The minimum Gasteiger partial charge on any atom is -0.507 e. The molecule has 2 rings (SSSR count). The number of hydrogen-bond donors (Lipinski definition) is 4. The van der Waals surface area contributed by atoms with E-state index in [-0.39, 0.29) is 10.7 Å². The third-order valence-electron chi connectivity index (χ3n) is 2.95. The topological polar surface area (TPSA) is 164 Å². The number of carbonyl (C=O) groups excluding carboxylic acids is 1. The summed E-state index contributed by atoms with van der Waals surface area (Å²) in [4.78, 5) is 26.3. The van der Waals surface area contributed by atoms with Gasteiger partial charge in [0.05, 0.1) is 16.8 Å². The Morgan fingerprint density at radius 2 is 2.21 bits per heavy atom. The molecule has 126 valence electrons. The fraction of sp³-hybridized carbons (Fsp3) is 0.154. The lowest BCUT2D eigenvalue weighted by atomic mass is 10.2. The Balaban J connectivity index is 2.18. The summed E-state index contributed by atoms with van der Waals surface area (Å²) < 4.78 is 0. The minimum atomic E-state index is -0.807. The van der Waals surface area contributed by atoms with Crippen LogP contribution in [0.3, 0.4) is 0 Å². The number of amides is 1. The zero-order valence-corrected chi connectivity index (χ0v) is 13.2. The first-order valence-corrected chi connectivity index (χ1v) is 7.44. The molecule has 0 unspecified atom stereocenters. The standard InChI is InChI=1S/C13H13N5O5S/c1-2-7-11(24-13(14)16-7)12(21)17-15-5-6-3-8(18(22)23)10(20)4-9(6)19/h3-5,19-20H,2H2,1H3,(H2,14,16)(H,17,21)/b15-5+. The molecule has 10 nitrogen and oxygen atoms in total. The van der Waals surface area contributed by atoms with Gasteiger partial charge in [0.15, 0.2) is 10.9 Å². The molecular formula is C13H13N5O5S. The van der Waals surface area contributed by atoms with Crippen LogP contribution in [0.25, 0.3) is 0 Å². The number of benzene rings is 1. The van der Waals surface area contributed by atoms with Gasteiger partial charge in [-0.25, -0.2) is 10.4 Å². The normalized spacial score (nSPS) is 10.9. The van der Waals surface area contributed by atoms with E-state index in [0.717, 1.165) is 29.7 Å². The van der Waals surface area contributed by atoms with Gasteiger partial charge in [-0.3, -0.25) is 14.9 Å². The molecular weight excluding hydrogens is 338 g/mol. The number of nitro benzene ring substituents is 1. The van der Waals surface area contributed by atoms with Crippen molar-refractivity contribution in [1.82, 2.24) is 10.4 Å². The summed E-state index contributed by atoms with van der Waals surface area (Å²) in [7, 11) is 0. The SMILES string of the molecule is CCc1nc(N)sc1C(=O)N/N=C/c1cc([N+](=O)[O-])c(O)cc1O. The summed E-state index contributed by atoms with van der Waals surface area (Å²) in [6.45, 7) is 1.82. The zero-order valence-electron chi connectivity index (χ0n) is 12.4. The molecule has 1 aromatic carbocycles. The van der Waals surface area contributed by atoms with Crippen molar-refractivity contribution in [1.29, 1.82) is 0 Å². The molecule has 0 aliphatic rings. The fourth-order valence-corrected chi connectivity index (χ4v) is 2.64. The van der Waals surface area contributed by atoms with Crippen LogP contribution in [0.5, 0.6) is 11.5 Å². The molecule has 24 heavy (non-hydrogen) atoms. The van der Waals surface area contributed by atoms with E-state index in [1.807, 2.05) is 6.92 Å². The molecule has 1 heterocycles. The summed E-state index contributed by atoms with van der Waals surface area (Å²) in [5.74, 6) is -1.64. The van der Waals surface area contributed by atoms with Gasteiger partial charge < -0.3 is 15.9 Å². The smallest absolute Gasteiger partial charge is 0.311 e. The van der Waals surface area contributed by atoms with E-state index < -0.39 is 28.0 Å². The highest BCUT2D eigenvalue weighted by Gasteiger charge is 2.17. The number of carbonyl (C=O) groups is 1. The van der Waals surface area contributed by atoms with Crippen molar-refractivity contribution < 1.29 is 19.9 Å². The number of rotatable bonds is 5. The number of hydrazone groups is 1. The third-order valence-corrected chi connectivity index (χ3v) is 3.87. The van der Waals surface area contributed by atoms with Crippen molar-refractivity contribution >= 4 is 34.3 Å². The number of aryl methyl sites for hydroxylation is 1. The first kappa shape index (κ1) is 17.1. The van der Waals surface area contributed by atoms with Crippen LogP contribution in [0, 0.1) is 10.1 Å². The van der Waals surface area contributed by atoms with Crippen molar-refractivity contribution in [2.45, 2.75) is 13.3 Å². The number of phenolic OH excluding ortho intramolecular Hbond substituents is 2. The van der Waals surface area contributed by atoms with Gasteiger partial charge in [-0.15, -0.1) is 0 Å². The Labute approximate surface area is 139 Å². The maximum atomic E-state index is 12.0. The van der Waals surface area contributed by atoms with Crippen molar-refractivity contribution in [3.05, 3.63) is 38.4 Å². The zero-order chi connectivity index (χ0) is 17.9. The number of nitrogens with two attached hydrogens (primary N) is 1. The molecule has 0 atom stereocenters. The molecule has 2 aromatic rings. The van der Waals surface area contributed by atoms with Gasteiger partial charge >= 0.3 is 5.69 Å². The molecule has 0 radical (unpaired) electrons. The van der Waals surface area contributed by atoms with Gasteiger partial charge in [0.2, 0.25) is 0 Å². The van der Waals surface area contributed by atoms with Crippen LogP contribution in [0.15, 0.2) is 17.2 Å². The number of thiazole rings is 1. The van der Waals surface area contributed by atoms with Crippen LogP contribution in [0.2, 0.25) is 0 Å². The second-order valence-corrected chi connectivity index (χ2v) is 5.57. The van der Waals surface area contributed by atoms with E-state index >= 15 is 0 Å². The fourth-order valence-electron chi connectivity index (χ4n) is 1.83. The maximum absolute atomic E-state index is 12.0. The number of aromatic nitrogens is 1. The highest BCUT2D eigenvalue weighted by Crippen LogP contribution is 2.32. The molecule has 0 saturated heterocycles. The number of nitrogen functional groups attached to an aromatic ring is 1. The molecule has 0 bridgehead atoms. The van der Waals surface area contributed by atoms with E-state index in [4.69, 9.17) is 5.73 Å². The lowest BCUT2D eigenvalue weighted by molar-refractivity contribution is -0.385. The Hall–Kier alpha value is -3.21. The monoisotopic (exact) mass is 351 g/mol. The number of nitro groups is 1. The van der Waals surface area contributed by atoms with E-state index in [1.54, 1.807) is 0 Å². The summed E-state index contributed by atoms with van der Waals surface area (Å²) in [5.41, 5.74) is 7.69. The number of nitrogens with zero attached hydrogens (tertiary/aromatic N) is 3. The van der Waals surface area contributed by atoms with Crippen LogP contribution in [-0.2, 0) is 6.42 Å². The van der Waals surface area contributed by atoms with Crippen molar-refractivity contribution in [3.63, 3.8) is 0 Å². The lowest BCUT2D eigenvalue weighted by Gasteiger charge is -2.02. The summed E-state index contributed by atoms with van der Waals surface area (Å²) in [6, 6.07) is 1.75. The molecule has 11 heteroatoms. The Bertz CT molecular complexity index is 832. The summed E-state index contributed by atoms with van der Waals surface area (Å²) in [6.07, 6.45) is 1.54. The van der Waals surface area contributed by atoms with E-state index in [1.165, 1.54) is 0 Å². The molecule has 1 aromatic heterocycles. The Morgan fingerprint density at radius 1 is 1.50 bits per heavy atom.